The molecule has 5 heteroatoms. The van der Waals surface area contributed by atoms with Gasteiger partial charge in [0.1, 0.15) is 12.2 Å². The summed E-state index contributed by atoms with van der Waals surface area (Å²) in [7, 11) is 0. The summed E-state index contributed by atoms with van der Waals surface area (Å²) in [5, 5.41) is 10.0. The minimum atomic E-state index is 0.667. The van der Waals surface area contributed by atoms with Crippen LogP contribution in [0.25, 0.3) is 0 Å². The molecule has 0 aliphatic carbocycles. The average Bonchev–Trinajstić information content (AvgIpc) is 2.74. The van der Waals surface area contributed by atoms with E-state index in [-0.39, 0.29) is 0 Å². The Bertz CT molecular complexity index is 217. The van der Waals surface area contributed by atoms with Crippen LogP contribution < -0.4 is 5.32 Å². The van der Waals surface area contributed by atoms with Crippen LogP contribution in [0.1, 0.15) is 12.2 Å². The highest BCUT2D eigenvalue weighted by atomic mass is 32.2. The number of H-pyrrole nitrogens is 1. The molecule has 1 aliphatic heterocycles. The van der Waals surface area contributed by atoms with E-state index in [4.69, 9.17) is 0 Å². The Labute approximate surface area is 75.5 Å². The molecule has 0 radical (unpaired) electrons. The number of hydrogen-bond donors (Lipinski definition) is 2. The fourth-order valence-corrected chi connectivity index (χ4v) is 2.44. The maximum absolute atomic E-state index is 4.04. The molecule has 0 bridgehead atoms. The summed E-state index contributed by atoms with van der Waals surface area (Å²) in [5.41, 5.74) is 0. The van der Waals surface area contributed by atoms with Crippen LogP contribution in [-0.2, 0) is 6.54 Å². The number of thioether (sulfide) groups is 1. The predicted molar refractivity (Wildman–Crippen MR) is 49.0 cm³/mol. The molecule has 66 valence electrons. The Morgan fingerprint density at radius 2 is 2.75 bits per heavy atom. The van der Waals surface area contributed by atoms with Crippen molar-refractivity contribution in [3.05, 3.63) is 12.2 Å². The first kappa shape index (κ1) is 8.07. The van der Waals surface area contributed by atoms with E-state index < -0.39 is 0 Å². The number of rotatable bonds is 3. The molecule has 2 N–H and O–H groups in total. The standard InChI is InChI=1S/C7H12N4S/c1-2-12-4-6(1)8-3-7-9-5-10-11-7/h5-6,8H,1-4H2,(H,9,10,11). The van der Waals surface area contributed by atoms with Gasteiger partial charge in [0, 0.05) is 11.8 Å². The number of aromatic amines is 1. The van der Waals surface area contributed by atoms with E-state index in [1.165, 1.54) is 17.9 Å². The lowest BCUT2D eigenvalue weighted by Crippen LogP contribution is -2.28. The number of nitrogens with zero attached hydrogens (tertiary/aromatic N) is 2. The quantitative estimate of drug-likeness (QED) is 0.714. The highest BCUT2D eigenvalue weighted by Crippen LogP contribution is 2.16. The molecular weight excluding hydrogens is 172 g/mol. The zero-order chi connectivity index (χ0) is 8.23. The molecule has 1 saturated heterocycles. The van der Waals surface area contributed by atoms with Crippen molar-refractivity contribution in [3.8, 4) is 0 Å². The highest BCUT2D eigenvalue weighted by Gasteiger charge is 2.14. The number of nitrogens with one attached hydrogen (secondary N) is 2. The van der Waals surface area contributed by atoms with Gasteiger partial charge in [0.15, 0.2) is 0 Å². The van der Waals surface area contributed by atoms with E-state index in [1.54, 1.807) is 6.33 Å². The molecule has 1 unspecified atom stereocenters. The fraction of sp³-hybridized carbons (Fsp3) is 0.714. The molecule has 1 aromatic rings. The Hall–Kier alpha value is -0.550. The Morgan fingerprint density at radius 3 is 3.42 bits per heavy atom. The Balaban J connectivity index is 1.74. The molecule has 0 amide bonds. The van der Waals surface area contributed by atoms with Crippen molar-refractivity contribution in [1.29, 1.82) is 0 Å². The van der Waals surface area contributed by atoms with Gasteiger partial charge in [-0.2, -0.15) is 16.9 Å². The SMILES string of the molecule is c1n[nH]c(CNC2CCSC2)n1. The van der Waals surface area contributed by atoms with Crippen molar-refractivity contribution < 1.29 is 0 Å². The summed E-state index contributed by atoms with van der Waals surface area (Å²) in [6.07, 6.45) is 2.82. The zero-order valence-corrected chi connectivity index (χ0v) is 7.60. The molecule has 0 spiro atoms. The summed E-state index contributed by atoms with van der Waals surface area (Å²) < 4.78 is 0. The van der Waals surface area contributed by atoms with Gasteiger partial charge in [-0.1, -0.05) is 0 Å². The van der Waals surface area contributed by atoms with Crippen molar-refractivity contribution in [1.82, 2.24) is 20.5 Å². The number of aromatic nitrogens is 3. The van der Waals surface area contributed by atoms with Gasteiger partial charge in [0.25, 0.3) is 0 Å². The summed E-state index contributed by atoms with van der Waals surface area (Å²) in [6, 6.07) is 0.667. The van der Waals surface area contributed by atoms with Crippen molar-refractivity contribution >= 4 is 11.8 Å². The second kappa shape index (κ2) is 3.91. The first-order chi connectivity index (χ1) is 5.95. The molecule has 2 rings (SSSR count). The van der Waals surface area contributed by atoms with Gasteiger partial charge >= 0.3 is 0 Å². The molecule has 1 fully saturated rings. The smallest absolute Gasteiger partial charge is 0.138 e. The van der Waals surface area contributed by atoms with Crippen LogP contribution in [0.5, 0.6) is 0 Å². The highest BCUT2D eigenvalue weighted by molar-refractivity contribution is 7.99. The average molecular weight is 184 g/mol. The third-order valence-electron chi connectivity index (χ3n) is 1.95. The summed E-state index contributed by atoms with van der Waals surface area (Å²) in [5.74, 6) is 3.44. The van der Waals surface area contributed by atoms with Gasteiger partial charge in [-0.05, 0) is 12.2 Å². The molecule has 1 aromatic heterocycles. The van der Waals surface area contributed by atoms with Gasteiger partial charge in [-0.3, -0.25) is 5.10 Å². The second-order valence-electron chi connectivity index (χ2n) is 2.87. The monoisotopic (exact) mass is 184 g/mol. The van der Waals surface area contributed by atoms with Gasteiger partial charge in [0.05, 0.1) is 6.54 Å². The first-order valence-electron chi connectivity index (χ1n) is 4.10. The van der Waals surface area contributed by atoms with Crippen LogP contribution >= 0.6 is 11.8 Å². The molecular formula is C7H12N4S. The summed E-state index contributed by atoms with van der Waals surface area (Å²) in [6.45, 7) is 0.811. The van der Waals surface area contributed by atoms with Crippen molar-refractivity contribution in [2.75, 3.05) is 11.5 Å². The van der Waals surface area contributed by atoms with Crippen LogP contribution in [0.3, 0.4) is 0 Å². The van der Waals surface area contributed by atoms with Crippen molar-refractivity contribution in [2.24, 2.45) is 0 Å². The third kappa shape index (κ3) is 1.98. The maximum Gasteiger partial charge on any atom is 0.138 e. The maximum atomic E-state index is 4.04. The lowest BCUT2D eigenvalue weighted by Gasteiger charge is -2.08. The normalized spacial score (nSPS) is 23.2. The lowest BCUT2D eigenvalue weighted by atomic mass is 10.2. The molecule has 1 atom stereocenters. The van der Waals surface area contributed by atoms with E-state index in [0.717, 1.165) is 12.4 Å². The van der Waals surface area contributed by atoms with E-state index in [9.17, 15) is 0 Å². The lowest BCUT2D eigenvalue weighted by molar-refractivity contribution is 0.545. The summed E-state index contributed by atoms with van der Waals surface area (Å²) >= 11 is 2.01. The van der Waals surface area contributed by atoms with Gasteiger partial charge in [0.2, 0.25) is 0 Å². The molecule has 0 aromatic carbocycles. The van der Waals surface area contributed by atoms with E-state index in [1.807, 2.05) is 11.8 Å². The van der Waals surface area contributed by atoms with Crippen molar-refractivity contribution in [2.45, 2.75) is 19.0 Å². The van der Waals surface area contributed by atoms with Gasteiger partial charge < -0.3 is 5.32 Å². The summed E-state index contributed by atoms with van der Waals surface area (Å²) in [4.78, 5) is 4.04. The van der Waals surface area contributed by atoms with Crippen LogP contribution in [0.2, 0.25) is 0 Å². The van der Waals surface area contributed by atoms with Crippen LogP contribution in [0.15, 0.2) is 6.33 Å². The van der Waals surface area contributed by atoms with Crippen LogP contribution in [0, 0.1) is 0 Å². The molecule has 0 saturated carbocycles. The van der Waals surface area contributed by atoms with E-state index in [0.29, 0.717) is 6.04 Å². The first-order valence-corrected chi connectivity index (χ1v) is 5.26. The second-order valence-corrected chi connectivity index (χ2v) is 4.02. The van der Waals surface area contributed by atoms with Crippen LogP contribution in [0.4, 0.5) is 0 Å². The third-order valence-corrected chi connectivity index (χ3v) is 3.12. The Kier molecular flexibility index (Phi) is 2.63. The fourth-order valence-electron chi connectivity index (χ4n) is 1.25. The van der Waals surface area contributed by atoms with Crippen molar-refractivity contribution in [3.63, 3.8) is 0 Å². The predicted octanol–water partition coefficient (Wildman–Crippen LogP) is 0.400. The zero-order valence-electron chi connectivity index (χ0n) is 6.79. The molecule has 2 heterocycles. The van der Waals surface area contributed by atoms with Gasteiger partial charge in [-0.15, -0.1) is 0 Å². The van der Waals surface area contributed by atoms with Gasteiger partial charge in [-0.25, -0.2) is 4.98 Å². The Morgan fingerprint density at radius 1 is 1.75 bits per heavy atom. The minimum Gasteiger partial charge on any atom is -0.306 e. The molecule has 1 aliphatic rings. The molecule has 4 nitrogen and oxygen atoms in total. The topological polar surface area (TPSA) is 53.6 Å². The van der Waals surface area contributed by atoms with Crippen LogP contribution in [-0.4, -0.2) is 32.7 Å². The van der Waals surface area contributed by atoms with E-state index in [2.05, 4.69) is 20.5 Å². The largest absolute Gasteiger partial charge is 0.306 e. The van der Waals surface area contributed by atoms with E-state index >= 15 is 0 Å². The minimum absolute atomic E-state index is 0.667. The molecule has 12 heavy (non-hydrogen) atoms. The number of hydrogen-bond acceptors (Lipinski definition) is 4.